The molecule has 1 saturated heterocycles. The summed E-state index contributed by atoms with van der Waals surface area (Å²) in [5.74, 6) is 0.176. The summed E-state index contributed by atoms with van der Waals surface area (Å²) in [6.45, 7) is 3.15. The Bertz CT molecular complexity index is 361. The monoisotopic (exact) mass is 205 g/mol. The second kappa shape index (κ2) is 4.00. The fraction of sp³-hybridized carbons (Fsp3) is 0.364. The van der Waals surface area contributed by atoms with Gasteiger partial charge in [0, 0.05) is 13.1 Å². The van der Waals surface area contributed by atoms with Gasteiger partial charge in [-0.05, 0) is 17.7 Å². The number of benzene rings is 1. The first-order chi connectivity index (χ1) is 7.22. The number of nitrogens with zero attached hydrogens (tertiary/aromatic N) is 1. The van der Waals surface area contributed by atoms with Gasteiger partial charge >= 0.3 is 0 Å². The van der Waals surface area contributed by atoms with Crippen molar-refractivity contribution < 1.29 is 4.79 Å². The van der Waals surface area contributed by atoms with Gasteiger partial charge in [-0.3, -0.25) is 4.79 Å². The molecular weight excluding hydrogens is 190 g/mol. The average Bonchev–Trinajstić information content (AvgIpc) is 2.60. The lowest BCUT2D eigenvalue weighted by Gasteiger charge is -2.16. The predicted octanol–water partition coefficient (Wildman–Crippen LogP) is 0.633. The van der Waals surface area contributed by atoms with Gasteiger partial charge in [-0.1, -0.05) is 19.1 Å². The number of rotatable bonds is 2. The Kier molecular flexibility index (Phi) is 2.70. The molecule has 3 N–H and O–H groups in total. The molecule has 4 heteroatoms. The Morgan fingerprint density at radius 2 is 2.13 bits per heavy atom. The molecule has 1 fully saturated rings. The minimum absolute atomic E-state index is 0.0548. The third-order valence-electron chi connectivity index (χ3n) is 2.63. The molecule has 1 atom stereocenters. The van der Waals surface area contributed by atoms with Crippen molar-refractivity contribution in [1.82, 2.24) is 5.43 Å². The van der Waals surface area contributed by atoms with E-state index in [9.17, 15) is 4.79 Å². The quantitative estimate of drug-likeness (QED) is 0.744. The molecule has 1 amide bonds. The van der Waals surface area contributed by atoms with Crippen LogP contribution in [0.4, 0.5) is 5.69 Å². The maximum Gasteiger partial charge on any atom is 0.245 e. The van der Waals surface area contributed by atoms with E-state index in [1.165, 1.54) is 0 Å². The third kappa shape index (κ3) is 1.86. The number of hydrogen-bond acceptors (Lipinski definition) is 3. The zero-order valence-electron chi connectivity index (χ0n) is 8.73. The number of nitrogens with two attached hydrogens (primary N) is 1. The van der Waals surface area contributed by atoms with E-state index >= 15 is 0 Å². The molecule has 1 unspecified atom stereocenters. The van der Waals surface area contributed by atoms with Gasteiger partial charge in [-0.25, -0.2) is 10.4 Å². The molecule has 0 bridgehead atoms. The van der Waals surface area contributed by atoms with Crippen molar-refractivity contribution in [2.75, 3.05) is 11.6 Å². The highest BCUT2D eigenvalue weighted by molar-refractivity contribution is 5.95. The van der Waals surface area contributed by atoms with Crippen LogP contribution in [0.3, 0.4) is 0 Å². The summed E-state index contributed by atoms with van der Waals surface area (Å²) in [6, 6.07) is 7.69. The number of hydrogen-bond donors (Lipinski definition) is 2. The highest BCUT2D eigenvalue weighted by Gasteiger charge is 2.28. The van der Waals surface area contributed by atoms with E-state index in [0.29, 0.717) is 13.1 Å². The van der Waals surface area contributed by atoms with Crippen LogP contribution < -0.4 is 16.2 Å². The molecule has 80 valence electrons. The third-order valence-corrected chi connectivity index (χ3v) is 2.63. The van der Waals surface area contributed by atoms with Crippen LogP contribution in [0.5, 0.6) is 0 Å². The average molecular weight is 205 g/mol. The van der Waals surface area contributed by atoms with Crippen LogP contribution in [0.2, 0.25) is 0 Å². The fourth-order valence-electron chi connectivity index (χ4n) is 1.61. The standard InChI is InChI=1S/C11H15N3O/c1-8-7-13-14(11(8)15)10-4-2-9(6-12)3-5-10/h2-5,8,13H,6-7,12H2,1H3. The Morgan fingerprint density at radius 1 is 1.47 bits per heavy atom. The van der Waals surface area contributed by atoms with Crippen molar-refractivity contribution in [2.45, 2.75) is 13.5 Å². The van der Waals surface area contributed by atoms with Crippen LogP contribution in [-0.4, -0.2) is 12.5 Å². The Balaban J connectivity index is 2.19. The lowest BCUT2D eigenvalue weighted by atomic mass is 10.2. The maximum atomic E-state index is 11.7. The summed E-state index contributed by atoms with van der Waals surface area (Å²) in [6.07, 6.45) is 0. The van der Waals surface area contributed by atoms with Gasteiger partial charge in [-0.2, -0.15) is 0 Å². The lowest BCUT2D eigenvalue weighted by molar-refractivity contribution is -0.119. The van der Waals surface area contributed by atoms with Crippen LogP contribution in [0, 0.1) is 5.92 Å². The summed E-state index contributed by atoms with van der Waals surface area (Å²) in [5.41, 5.74) is 10.5. The highest BCUT2D eigenvalue weighted by atomic mass is 16.2. The molecule has 0 radical (unpaired) electrons. The van der Waals surface area contributed by atoms with Crippen molar-refractivity contribution in [3.05, 3.63) is 29.8 Å². The zero-order valence-corrected chi connectivity index (χ0v) is 8.73. The largest absolute Gasteiger partial charge is 0.326 e. The van der Waals surface area contributed by atoms with E-state index in [-0.39, 0.29) is 11.8 Å². The molecule has 15 heavy (non-hydrogen) atoms. The topological polar surface area (TPSA) is 58.4 Å². The molecule has 2 rings (SSSR count). The van der Waals surface area contributed by atoms with E-state index in [4.69, 9.17) is 5.73 Å². The number of amides is 1. The zero-order chi connectivity index (χ0) is 10.8. The molecule has 4 nitrogen and oxygen atoms in total. The molecule has 0 saturated carbocycles. The second-order valence-corrected chi connectivity index (χ2v) is 3.81. The first-order valence-electron chi connectivity index (χ1n) is 5.09. The highest BCUT2D eigenvalue weighted by Crippen LogP contribution is 2.19. The predicted molar refractivity (Wildman–Crippen MR) is 59.0 cm³/mol. The van der Waals surface area contributed by atoms with E-state index in [2.05, 4.69) is 5.43 Å². The smallest absolute Gasteiger partial charge is 0.245 e. The van der Waals surface area contributed by atoms with Crippen LogP contribution in [0.1, 0.15) is 12.5 Å². The number of carbonyl (C=O) groups excluding carboxylic acids is 1. The van der Waals surface area contributed by atoms with E-state index in [1.807, 2.05) is 31.2 Å². The maximum absolute atomic E-state index is 11.7. The minimum atomic E-state index is 0.0548. The van der Waals surface area contributed by atoms with Crippen molar-refractivity contribution >= 4 is 11.6 Å². The minimum Gasteiger partial charge on any atom is -0.326 e. The van der Waals surface area contributed by atoms with Gasteiger partial charge in [0.25, 0.3) is 0 Å². The first kappa shape index (κ1) is 10.1. The van der Waals surface area contributed by atoms with Crippen LogP contribution in [0.15, 0.2) is 24.3 Å². The van der Waals surface area contributed by atoms with E-state index in [0.717, 1.165) is 11.3 Å². The number of anilines is 1. The summed E-state index contributed by atoms with van der Waals surface area (Å²) in [4.78, 5) is 11.7. The van der Waals surface area contributed by atoms with Crippen molar-refractivity contribution in [3.63, 3.8) is 0 Å². The molecule has 0 aromatic heterocycles. The second-order valence-electron chi connectivity index (χ2n) is 3.81. The van der Waals surface area contributed by atoms with Crippen LogP contribution in [-0.2, 0) is 11.3 Å². The van der Waals surface area contributed by atoms with Gasteiger partial charge in [0.15, 0.2) is 0 Å². The Labute approximate surface area is 89.0 Å². The van der Waals surface area contributed by atoms with Crippen LogP contribution in [0.25, 0.3) is 0 Å². The van der Waals surface area contributed by atoms with Gasteiger partial charge in [0.2, 0.25) is 5.91 Å². The SMILES string of the molecule is CC1CNN(c2ccc(CN)cc2)C1=O. The first-order valence-corrected chi connectivity index (χ1v) is 5.09. The number of hydrazine groups is 1. The molecule has 0 spiro atoms. The van der Waals surface area contributed by atoms with Gasteiger partial charge < -0.3 is 5.73 Å². The van der Waals surface area contributed by atoms with Crippen LogP contribution >= 0.6 is 0 Å². The lowest BCUT2D eigenvalue weighted by Crippen LogP contribution is -2.34. The van der Waals surface area contributed by atoms with Gasteiger partial charge in [-0.15, -0.1) is 0 Å². The summed E-state index contributed by atoms with van der Waals surface area (Å²) in [5, 5.41) is 1.60. The molecular formula is C11H15N3O. The van der Waals surface area contributed by atoms with Crippen molar-refractivity contribution in [1.29, 1.82) is 0 Å². The number of carbonyl (C=O) groups is 1. The van der Waals surface area contributed by atoms with E-state index < -0.39 is 0 Å². The number of nitrogens with one attached hydrogen (secondary N) is 1. The van der Waals surface area contributed by atoms with E-state index in [1.54, 1.807) is 5.01 Å². The molecule has 1 heterocycles. The molecule has 1 aromatic rings. The Morgan fingerprint density at radius 3 is 2.60 bits per heavy atom. The molecule has 1 aliphatic rings. The summed E-state index contributed by atoms with van der Waals surface area (Å²) >= 11 is 0. The fourth-order valence-corrected chi connectivity index (χ4v) is 1.61. The summed E-state index contributed by atoms with van der Waals surface area (Å²) < 4.78 is 0. The van der Waals surface area contributed by atoms with Crippen molar-refractivity contribution in [3.8, 4) is 0 Å². The normalized spacial score (nSPS) is 21.1. The molecule has 1 aliphatic heterocycles. The summed E-state index contributed by atoms with van der Waals surface area (Å²) in [7, 11) is 0. The van der Waals surface area contributed by atoms with Gasteiger partial charge in [0.05, 0.1) is 11.6 Å². The van der Waals surface area contributed by atoms with Gasteiger partial charge in [0.1, 0.15) is 0 Å². The van der Waals surface area contributed by atoms with Crippen molar-refractivity contribution in [2.24, 2.45) is 11.7 Å². The Hall–Kier alpha value is -1.39. The molecule has 0 aliphatic carbocycles. The molecule has 1 aromatic carbocycles.